The monoisotopic (exact) mass is 389 g/mol. The topological polar surface area (TPSA) is 94.3 Å². The Kier molecular flexibility index (Phi) is 7.74. The van der Waals surface area contributed by atoms with Gasteiger partial charge in [0.25, 0.3) is 0 Å². The molecular formula is C20H27N3O5. The van der Waals surface area contributed by atoms with E-state index in [1.165, 1.54) is 7.11 Å². The van der Waals surface area contributed by atoms with E-state index in [2.05, 4.69) is 15.6 Å². The largest absolute Gasteiger partial charge is 0.493 e. The normalized spacial score (nSPS) is 12.2. The zero-order valence-electron chi connectivity index (χ0n) is 16.9. The maximum Gasteiger partial charge on any atom is 0.341 e. The lowest BCUT2D eigenvalue weighted by Crippen LogP contribution is -2.41. The molecule has 2 rings (SSSR count). The molecule has 0 spiro atoms. The first-order valence-corrected chi connectivity index (χ1v) is 8.90. The van der Waals surface area contributed by atoms with Gasteiger partial charge >= 0.3 is 5.97 Å². The zero-order chi connectivity index (χ0) is 20.5. The lowest BCUT2D eigenvalue weighted by molar-refractivity contribution is 0.0599. The first-order valence-electron chi connectivity index (χ1n) is 8.90. The Labute approximate surface area is 164 Å². The van der Waals surface area contributed by atoms with Gasteiger partial charge in [0.15, 0.2) is 17.5 Å². The quantitative estimate of drug-likeness (QED) is 0.407. The molecular weight excluding hydrogens is 362 g/mol. The fourth-order valence-corrected chi connectivity index (χ4v) is 2.55. The molecule has 0 saturated heterocycles. The van der Waals surface area contributed by atoms with E-state index < -0.39 is 5.97 Å². The van der Waals surface area contributed by atoms with Crippen LogP contribution in [0.3, 0.4) is 0 Å². The first-order chi connectivity index (χ1) is 13.5. The third-order valence-corrected chi connectivity index (χ3v) is 3.98. The highest BCUT2D eigenvalue weighted by Crippen LogP contribution is 2.26. The van der Waals surface area contributed by atoms with Gasteiger partial charge in [-0.3, -0.25) is 4.99 Å². The molecule has 0 aliphatic rings. The third kappa shape index (κ3) is 5.67. The minimum absolute atomic E-state index is 0.119. The molecule has 8 nitrogen and oxygen atoms in total. The van der Waals surface area contributed by atoms with Crippen LogP contribution in [0.4, 0.5) is 0 Å². The molecule has 2 N–H and O–H groups in total. The number of nitrogens with one attached hydrogen (secondary N) is 2. The number of nitrogens with zero attached hydrogens (tertiary/aromatic N) is 1. The van der Waals surface area contributed by atoms with Crippen LogP contribution >= 0.6 is 0 Å². The van der Waals surface area contributed by atoms with Gasteiger partial charge in [0.05, 0.1) is 27.3 Å². The first kappa shape index (κ1) is 21.1. The molecule has 0 fully saturated rings. The second kappa shape index (κ2) is 10.2. The smallest absolute Gasteiger partial charge is 0.341 e. The van der Waals surface area contributed by atoms with Gasteiger partial charge in [0.1, 0.15) is 23.2 Å². The fourth-order valence-electron chi connectivity index (χ4n) is 2.55. The highest BCUT2D eigenvalue weighted by molar-refractivity contribution is 5.90. The van der Waals surface area contributed by atoms with E-state index in [1.54, 1.807) is 27.1 Å². The number of carbonyl (C=O) groups is 1. The van der Waals surface area contributed by atoms with Crippen molar-refractivity contribution in [2.24, 2.45) is 4.99 Å². The number of methoxy groups -OCH3 is 2. The van der Waals surface area contributed by atoms with Gasteiger partial charge in [-0.05, 0) is 32.0 Å². The maximum absolute atomic E-state index is 11.7. The number of rotatable bonds is 8. The molecule has 1 heterocycles. The number of para-hydroxylation sites is 2. The third-order valence-electron chi connectivity index (χ3n) is 3.98. The summed E-state index contributed by atoms with van der Waals surface area (Å²) in [6.45, 7) is 4.58. The van der Waals surface area contributed by atoms with Crippen LogP contribution in [-0.4, -0.2) is 45.8 Å². The van der Waals surface area contributed by atoms with Crippen molar-refractivity contribution in [3.63, 3.8) is 0 Å². The van der Waals surface area contributed by atoms with Crippen molar-refractivity contribution in [1.82, 2.24) is 10.6 Å². The SMILES string of the molecule is CN=C(NCc1cc(C(=O)OC)c(C)o1)NCC(C)Oc1ccccc1OC. The maximum atomic E-state index is 11.7. The Morgan fingerprint density at radius 2 is 1.93 bits per heavy atom. The highest BCUT2D eigenvalue weighted by atomic mass is 16.5. The summed E-state index contributed by atoms with van der Waals surface area (Å²) in [5.74, 6) is 2.67. The highest BCUT2D eigenvalue weighted by Gasteiger charge is 2.15. The Morgan fingerprint density at radius 3 is 2.57 bits per heavy atom. The molecule has 0 radical (unpaired) electrons. The Morgan fingerprint density at radius 1 is 1.21 bits per heavy atom. The summed E-state index contributed by atoms with van der Waals surface area (Å²) < 4.78 is 21.5. The number of benzene rings is 1. The fraction of sp³-hybridized carbons (Fsp3) is 0.400. The molecule has 8 heteroatoms. The van der Waals surface area contributed by atoms with Crippen LogP contribution in [-0.2, 0) is 11.3 Å². The number of esters is 1. The number of hydrogen-bond donors (Lipinski definition) is 2. The van der Waals surface area contributed by atoms with Crippen LogP contribution in [0.15, 0.2) is 39.7 Å². The molecule has 0 amide bonds. The number of aliphatic imine (C=N–C) groups is 1. The van der Waals surface area contributed by atoms with Crippen LogP contribution in [0.2, 0.25) is 0 Å². The molecule has 1 aromatic carbocycles. The number of carbonyl (C=O) groups excluding carboxylic acids is 1. The number of ether oxygens (including phenoxy) is 3. The van der Waals surface area contributed by atoms with Gasteiger partial charge in [0, 0.05) is 7.05 Å². The predicted molar refractivity (Wildman–Crippen MR) is 106 cm³/mol. The summed E-state index contributed by atoms with van der Waals surface area (Å²) in [6.07, 6.45) is -0.119. The molecule has 1 aromatic heterocycles. The van der Waals surface area contributed by atoms with Crippen molar-refractivity contribution in [2.45, 2.75) is 26.5 Å². The minimum atomic E-state index is -0.419. The van der Waals surface area contributed by atoms with Crippen LogP contribution < -0.4 is 20.1 Å². The molecule has 1 unspecified atom stereocenters. The Bertz CT molecular complexity index is 816. The Balaban J connectivity index is 1.85. The van der Waals surface area contributed by atoms with Crippen LogP contribution in [0.5, 0.6) is 11.5 Å². The number of guanidine groups is 1. The number of furan rings is 1. The van der Waals surface area contributed by atoms with Gasteiger partial charge in [-0.25, -0.2) is 4.79 Å². The van der Waals surface area contributed by atoms with Crippen molar-refractivity contribution in [3.05, 3.63) is 47.4 Å². The van der Waals surface area contributed by atoms with E-state index in [1.807, 2.05) is 31.2 Å². The van der Waals surface area contributed by atoms with E-state index in [9.17, 15) is 4.79 Å². The van der Waals surface area contributed by atoms with E-state index in [0.717, 1.165) is 0 Å². The molecule has 152 valence electrons. The van der Waals surface area contributed by atoms with Crippen molar-refractivity contribution in [2.75, 3.05) is 27.8 Å². The van der Waals surface area contributed by atoms with Crippen molar-refractivity contribution in [1.29, 1.82) is 0 Å². The van der Waals surface area contributed by atoms with Crippen LogP contribution in [0.25, 0.3) is 0 Å². The van der Waals surface area contributed by atoms with Gasteiger partial charge in [-0.1, -0.05) is 12.1 Å². The summed E-state index contributed by atoms with van der Waals surface area (Å²) in [5.41, 5.74) is 0.418. The predicted octanol–water partition coefficient (Wildman–Crippen LogP) is 2.52. The number of aryl methyl sites for hydroxylation is 1. The van der Waals surface area contributed by atoms with Crippen LogP contribution in [0.1, 0.15) is 28.8 Å². The molecule has 0 saturated carbocycles. The molecule has 28 heavy (non-hydrogen) atoms. The molecule has 0 aliphatic carbocycles. The summed E-state index contributed by atoms with van der Waals surface area (Å²) in [6, 6.07) is 9.16. The van der Waals surface area contributed by atoms with Gasteiger partial charge < -0.3 is 29.3 Å². The van der Waals surface area contributed by atoms with Crippen molar-refractivity contribution in [3.8, 4) is 11.5 Å². The Hall–Kier alpha value is -3.16. The summed E-state index contributed by atoms with van der Waals surface area (Å²) in [5, 5.41) is 6.33. The summed E-state index contributed by atoms with van der Waals surface area (Å²) in [7, 11) is 4.62. The molecule has 0 bridgehead atoms. The van der Waals surface area contributed by atoms with Crippen molar-refractivity contribution < 1.29 is 23.4 Å². The molecule has 1 atom stereocenters. The van der Waals surface area contributed by atoms with Gasteiger partial charge in [-0.2, -0.15) is 0 Å². The summed E-state index contributed by atoms with van der Waals surface area (Å²) in [4.78, 5) is 15.8. The average molecular weight is 389 g/mol. The lowest BCUT2D eigenvalue weighted by atomic mass is 10.2. The van der Waals surface area contributed by atoms with E-state index >= 15 is 0 Å². The summed E-state index contributed by atoms with van der Waals surface area (Å²) >= 11 is 0. The minimum Gasteiger partial charge on any atom is -0.493 e. The number of hydrogen-bond acceptors (Lipinski definition) is 6. The van der Waals surface area contributed by atoms with E-state index in [0.29, 0.717) is 47.6 Å². The van der Waals surface area contributed by atoms with Gasteiger partial charge in [0.2, 0.25) is 0 Å². The zero-order valence-corrected chi connectivity index (χ0v) is 16.9. The van der Waals surface area contributed by atoms with E-state index in [4.69, 9.17) is 18.6 Å². The second-order valence-corrected chi connectivity index (χ2v) is 6.06. The van der Waals surface area contributed by atoms with Crippen molar-refractivity contribution >= 4 is 11.9 Å². The standard InChI is InChI=1S/C20H27N3O5/c1-13(27-18-9-7-6-8-17(18)25-4)11-22-20(21-3)23-12-15-10-16(14(2)28-15)19(24)26-5/h6-10,13H,11-12H2,1-5H3,(H2,21,22,23). The molecule has 0 aliphatic heterocycles. The average Bonchev–Trinajstić information content (AvgIpc) is 3.08. The molecule has 2 aromatic rings. The van der Waals surface area contributed by atoms with Crippen LogP contribution in [0, 0.1) is 6.92 Å². The second-order valence-electron chi connectivity index (χ2n) is 6.06. The lowest BCUT2D eigenvalue weighted by Gasteiger charge is -2.18. The van der Waals surface area contributed by atoms with Gasteiger partial charge in [-0.15, -0.1) is 0 Å². The van der Waals surface area contributed by atoms with E-state index in [-0.39, 0.29) is 6.10 Å².